The Hall–Kier alpha value is -2.96. The average molecular weight is 288 g/mol. The van der Waals surface area contributed by atoms with Gasteiger partial charge in [0.2, 0.25) is 0 Å². The van der Waals surface area contributed by atoms with E-state index in [0.29, 0.717) is 5.69 Å². The molecule has 3 N–H and O–H groups in total. The molecular formula is C14H10F2N4O. The van der Waals surface area contributed by atoms with Crippen LogP contribution >= 0.6 is 0 Å². The first kappa shape index (κ1) is 13.0. The first-order valence-corrected chi connectivity index (χ1v) is 6.02. The van der Waals surface area contributed by atoms with Gasteiger partial charge in [0, 0.05) is 5.56 Å². The third kappa shape index (κ3) is 2.29. The maximum Gasteiger partial charge on any atom is 0.156 e. The van der Waals surface area contributed by atoms with Crippen LogP contribution in [0.15, 0.2) is 42.5 Å². The molecule has 0 fully saturated rings. The van der Waals surface area contributed by atoms with Gasteiger partial charge in [0.1, 0.15) is 23.1 Å². The summed E-state index contributed by atoms with van der Waals surface area (Å²) in [4.78, 5) is 0. The van der Waals surface area contributed by atoms with Crippen LogP contribution in [-0.4, -0.2) is 20.1 Å². The quantitative estimate of drug-likeness (QED) is 0.759. The zero-order valence-electron chi connectivity index (χ0n) is 10.7. The lowest BCUT2D eigenvalue weighted by molar-refractivity contribution is 0.475. The van der Waals surface area contributed by atoms with Gasteiger partial charge in [-0.3, -0.25) is 0 Å². The fraction of sp³-hybridized carbons (Fsp3) is 0. The normalized spacial score (nSPS) is 10.8. The number of phenolic OH excluding ortho intramolecular Hbond substituents is 1. The van der Waals surface area contributed by atoms with E-state index in [9.17, 15) is 13.9 Å². The molecule has 0 amide bonds. The molecule has 1 heterocycles. The van der Waals surface area contributed by atoms with E-state index in [-0.39, 0.29) is 22.8 Å². The van der Waals surface area contributed by atoms with Gasteiger partial charge in [-0.1, -0.05) is 5.21 Å². The monoisotopic (exact) mass is 288 g/mol. The van der Waals surface area contributed by atoms with Crippen LogP contribution in [0.3, 0.4) is 0 Å². The van der Waals surface area contributed by atoms with Gasteiger partial charge >= 0.3 is 0 Å². The van der Waals surface area contributed by atoms with Crippen molar-refractivity contribution in [2.24, 2.45) is 0 Å². The molecular weight excluding hydrogens is 278 g/mol. The third-order valence-corrected chi connectivity index (χ3v) is 2.98. The van der Waals surface area contributed by atoms with E-state index in [1.165, 1.54) is 16.8 Å². The lowest BCUT2D eigenvalue weighted by Gasteiger charge is -2.04. The summed E-state index contributed by atoms with van der Waals surface area (Å²) in [6.07, 6.45) is 0. The number of benzene rings is 2. The van der Waals surface area contributed by atoms with Crippen LogP contribution in [0.5, 0.6) is 5.75 Å². The number of phenols is 1. The van der Waals surface area contributed by atoms with Crippen molar-refractivity contribution in [1.82, 2.24) is 15.0 Å². The summed E-state index contributed by atoms with van der Waals surface area (Å²) in [7, 11) is 0. The van der Waals surface area contributed by atoms with E-state index < -0.39 is 11.6 Å². The fourth-order valence-corrected chi connectivity index (χ4v) is 1.94. The minimum atomic E-state index is -0.638. The topological polar surface area (TPSA) is 77.0 Å². The number of halogens is 2. The van der Waals surface area contributed by atoms with Crippen molar-refractivity contribution >= 4 is 5.82 Å². The van der Waals surface area contributed by atoms with E-state index in [1.54, 1.807) is 12.1 Å². The van der Waals surface area contributed by atoms with Gasteiger partial charge < -0.3 is 10.8 Å². The summed E-state index contributed by atoms with van der Waals surface area (Å²) in [6.45, 7) is 0. The second kappa shape index (κ2) is 4.86. The van der Waals surface area contributed by atoms with Crippen LogP contribution in [0.4, 0.5) is 14.6 Å². The van der Waals surface area contributed by atoms with Gasteiger partial charge in [0.25, 0.3) is 0 Å². The van der Waals surface area contributed by atoms with Gasteiger partial charge in [-0.15, -0.1) is 5.10 Å². The predicted octanol–water partition coefficient (Wildman–Crippen LogP) is 2.50. The fourth-order valence-electron chi connectivity index (χ4n) is 1.94. The summed E-state index contributed by atoms with van der Waals surface area (Å²) in [5, 5.41) is 16.9. The molecule has 21 heavy (non-hydrogen) atoms. The Morgan fingerprint density at radius 2 is 1.76 bits per heavy atom. The highest BCUT2D eigenvalue weighted by Crippen LogP contribution is 2.28. The van der Waals surface area contributed by atoms with E-state index in [1.807, 2.05) is 0 Å². The largest absolute Gasteiger partial charge is 0.508 e. The molecule has 106 valence electrons. The van der Waals surface area contributed by atoms with Crippen molar-refractivity contribution in [3.8, 4) is 22.7 Å². The highest BCUT2D eigenvalue weighted by Gasteiger charge is 2.17. The molecule has 0 spiro atoms. The minimum Gasteiger partial charge on any atom is -0.508 e. The Morgan fingerprint density at radius 3 is 2.48 bits per heavy atom. The Morgan fingerprint density at radius 1 is 1.05 bits per heavy atom. The van der Waals surface area contributed by atoms with Gasteiger partial charge in [-0.05, 0) is 42.5 Å². The van der Waals surface area contributed by atoms with Gasteiger partial charge in [-0.2, -0.15) is 4.68 Å². The number of nitrogens with two attached hydrogens (primary N) is 1. The maximum absolute atomic E-state index is 13.8. The smallest absolute Gasteiger partial charge is 0.156 e. The standard InChI is InChI=1S/C14H10F2N4O/c15-8-1-6-12(16)11(7-8)13-14(17)20(19-18-13)9-2-4-10(21)5-3-9/h1-7,21H,17H2. The minimum absolute atomic E-state index is 0.0556. The highest BCUT2D eigenvalue weighted by atomic mass is 19.1. The lowest BCUT2D eigenvalue weighted by Crippen LogP contribution is -2.02. The zero-order valence-corrected chi connectivity index (χ0v) is 10.7. The van der Waals surface area contributed by atoms with Crippen molar-refractivity contribution in [3.05, 3.63) is 54.1 Å². The van der Waals surface area contributed by atoms with Crippen LogP contribution in [0.25, 0.3) is 16.9 Å². The molecule has 0 aliphatic heterocycles. The molecule has 0 aliphatic rings. The molecule has 0 bridgehead atoms. The number of hydrogen-bond donors (Lipinski definition) is 2. The Kier molecular flexibility index (Phi) is 3.02. The third-order valence-electron chi connectivity index (χ3n) is 2.98. The zero-order chi connectivity index (χ0) is 15.0. The molecule has 0 saturated carbocycles. The Bertz CT molecular complexity index is 799. The molecule has 3 aromatic rings. The van der Waals surface area contributed by atoms with Crippen LogP contribution < -0.4 is 5.73 Å². The molecule has 5 nitrogen and oxygen atoms in total. The molecule has 0 radical (unpaired) electrons. The van der Waals surface area contributed by atoms with Crippen LogP contribution in [-0.2, 0) is 0 Å². The summed E-state index contributed by atoms with van der Waals surface area (Å²) >= 11 is 0. The predicted molar refractivity (Wildman–Crippen MR) is 72.8 cm³/mol. The van der Waals surface area contributed by atoms with E-state index in [2.05, 4.69) is 10.3 Å². The number of nitrogen functional groups attached to an aromatic ring is 1. The van der Waals surface area contributed by atoms with Crippen LogP contribution in [0.2, 0.25) is 0 Å². The second-order valence-electron chi connectivity index (χ2n) is 4.38. The first-order valence-electron chi connectivity index (χ1n) is 6.02. The SMILES string of the molecule is Nc1c(-c2cc(F)ccc2F)nnn1-c1ccc(O)cc1. The highest BCUT2D eigenvalue weighted by molar-refractivity contribution is 5.71. The molecule has 0 unspecified atom stereocenters. The van der Waals surface area contributed by atoms with Crippen molar-refractivity contribution in [1.29, 1.82) is 0 Å². The lowest BCUT2D eigenvalue weighted by atomic mass is 10.1. The van der Waals surface area contributed by atoms with Gasteiger partial charge in [0.05, 0.1) is 5.69 Å². The molecule has 7 heteroatoms. The molecule has 2 aromatic carbocycles. The Balaban J connectivity index is 2.11. The van der Waals surface area contributed by atoms with Crippen LogP contribution in [0, 0.1) is 11.6 Å². The number of hydrogen-bond acceptors (Lipinski definition) is 4. The van der Waals surface area contributed by atoms with Crippen molar-refractivity contribution in [2.45, 2.75) is 0 Å². The van der Waals surface area contributed by atoms with E-state index in [4.69, 9.17) is 5.73 Å². The van der Waals surface area contributed by atoms with Gasteiger partial charge in [-0.25, -0.2) is 8.78 Å². The molecule has 3 rings (SSSR count). The number of rotatable bonds is 2. The van der Waals surface area contributed by atoms with E-state index in [0.717, 1.165) is 18.2 Å². The summed E-state index contributed by atoms with van der Waals surface area (Å²) in [5.41, 5.74) is 6.45. The van der Waals surface area contributed by atoms with Crippen LogP contribution in [0.1, 0.15) is 0 Å². The first-order chi connectivity index (χ1) is 10.1. The summed E-state index contributed by atoms with van der Waals surface area (Å²) < 4.78 is 28.3. The molecule has 1 aromatic heterocycles. The van der Waals surface area contributed by atoms with Crippen molar-refractivity contribution in [3.63, 3.8) is 0 Å². The Labute approximate surface area is 118 Å². The molecule has 0 atom stereocenters. The second-order valence-corrected chi connectivity index (χ2v) is 4.38. The van der Waals surface area contributed by atoms with Gasteiger partial charge in [0.15, 0.2) is 5.82 Å². The maximum atomic E-state index is 13.8. The van der Waals surface area contributed by atoms with E-state index >= 15 is 0 Å². The van der Waals surface area contributed by atoms with Crippen molar-refractivity contribution in [2.75, 3.05) is 5.73 Å². The molecule has 0 saturated heterocycles. The average Bonchev–Trinajstić information content (AvgIpc) is 2.84. The summed E-state index contributed by atoms with van der Waals surface area (Å²) in [6, 6.07) is 9.09. The number of aromatic hydroxyl groups is 1. The number of nitrogens with zero attached hydrogens (tertiary/aromatic N) is 3. The number of anilines is 1. The van der Waals surface area contributed by atoms with Crippen molar-refractivity contribution < 1.29 is 13.9 Å². The summed E-state index contributed by atoms with van der Waals surface area (Å²) in [5.74, 6) is -1.06. The molecule has 0 aliphatic carbocycles. The number of aromatic nitrogens is 3.